The predicted octanol–water partition coefficient (Wildman–Crippen LogP) is 4.27. The molecule has 1 aliphatic rings. The van der Waals surface area contributed by atoms with Gasteiger partial charge in [-0.2, -0.15) is 0 Å². The number of hydrogen-bond donors (Lipinski definition) is 3. The predicted molar refractivity (Wildman–Crippen MR) is 132 cm³/mol. The molecule has 1 saturated heterocycles. The van der Waals surface area contributed by atoms with Gasteiger partial charge in [-0.25, -0.2) is 0 Å². The Bertz CT molecular complexity index is 901. The van der Waals surface area contributed by atoms with Crippen LogP contribution in [-0.2, 0) is 17.6 Å². The van der Waals surface area contributed by atoms with Gasteiger partial charge in [0, 0.05) is 43.2 Å². The zero-order valence-corrected chi connectivity index (χ0v) is 19.6. The Hall–Kier alpha value is -2.00. The highest BCUT2D eigenvalue weighted by Gasteiger charge is 2.13. The number of aromatic amines is 1. The molecule has 6 nitrogen and oxygen atoms in total. The molecule has 3 heterocycles. The van der Waals surface area contributed by atoms with E-state index in [1.165, 1.54) is 22.9 Å². The van der Waals surface area contributed by atoms with Crippen LogP contribution in [0.25, 0.3) is 10.9 Å². The van der Waals surface area contributed by atoms with Crippen molar-refractivity contribution in [1.29, 1.82) is 0 Å². The Balaban J connectivity index is 0.00000256. The maximum Gasteiger partial charge on any atom is 0.191 e. The first kappa shape index (κ1) is 22.7. The maximum absolute atomic E-state index is 5.82. The van der Waals surface area contributed by atoms with E-state index in [0.717, 1.165) is 57.1 Å². The molecular weight excluding hydrogens is 491 g/mol. The number of halogens is 1. The first-order valence-corrected chi connectivity index (χ1v) is 10.6. The van der Waals surface area contributed by atoms with Crippen LogP contribution in [-0.4, -0.2) is 43.3 Å². The van der Waals surface area contributed by atoms with Gasteiger partial charge >= 0.3 is 0 Å². The second kappa shape index (κ2) is 12.0. The van der Waals surface area contributed by atoms with Crippen molar-refractivity contribution < 1.29 is 9.15 Å². The van der Waals surface area contributed by atoms with Gasteiger partial charge in [-0.1, -0.05) is 18.2 Å². The summed E-state index contributed by atoms with van der Waals surface area (Å²) in [6, 6.07) is 12.3. The van der Waals surface area contributed by atoms with Gasteiger partial charge in [0.1, 0.15) is 5.76 Å². The number of furan rings is 1. The van der Waals surface area contributed by atoms with Crippen LogP contribution in [0.15, 0.2) is 58.3 Å². The van der Waals surface area contributed by atoms with Gasteiger partial charge in [0.2, 0.25) is 0 Å². The minimum Gasteiger partial charge on any atom is -0.469 e. The molecule has 4 rings (SSSR count). The molecule has 1 fully saturated rings. The molecule has 2 aromatic heterocycles. The number of benzene rings is 1. The Morgan fingerprint density at radius 1 is 1.07 bits per heavy atom. The molecule has 30 heavy (non-hydrogen) atoms. The molecule has 0 aliphatic carbocycles. The normalized spacial score (nSPS) is 16.9. The Labute approximate surface area is 194 Å². The summed E-state index contributed by atoms with van der Waals surface area (Å²) in [6.45, 7) is 3.15. The molecule has 1 atom stereocenters. The zero-order chi connectivity index (χ0) is 19.7. The molecule has 3 N–H and O–H groups in total. The number of fused-ring (bicyclic) bond motifs is 1. The van der Waals surface area contributed by atoms with Gasteiger partial charge in [-0.15, -0.1) is 24.0 Å². The number of H-pyrrole nitrogens is 1. The van der Waals surface area contributed by atoms with E-state index in [1.54, 1.807) is 6.26 Å². The number of hydrogen-bond acceptors (Lipinski definition) is 3. The highest BCUT2D eigenvalue weighted by molar-refractivity contribution is 14.0. The van der Waals surface area contributed by atoms with Gasteiger partial charge in [0.25, 0.3) is 0 Å². The average molecular weight is 522 g/mol. The average Bonchev–Trinajstić information content (AvgIpc) is 3.43. The fraction of sp³-hybridized carbons (Fsp3) is 0.435. The summed E-state index contributed by atoms with van der Waals surface area (Å²) >= 11 is 0. The number of nitrogens with zero attached hydrogens (tertiary/aromatic N) is 1. The lowest BCUT2D eigenvalue weighted by atomic mass is 10.1. The lowest BCUT2D eigenvalue weighted by Crippen LogP contribution is -2.40. The number of rotatable bonds is 8. The molecule has 1 aromatic carbocycles. The molecule has 1 unspecified atom stereocenters. The van der Waals surface area contributed by atoms with E-state index < -0.39 is 0 Å². The van der Waals surface area contributed by atoms with Gasteiger partial charge in [0.05, 0.1) is 18.9 Å². The number of aromatic nitrogens is 1. The third-order valence-electron chi connectivity index (χ3n) is 5.33. The largest absolute Gasteiger partial charge is 0.469 e. The first-order valence-electron chi connectivity index (χ1n) is 10.6. The summed E-state index contributed by atoms with van der Waals surface area (Å²) < 4.78 is 11.2. The molecule has 3 aromatic rings. The van der Waals surface area contributed by atoms with Crippen molar-refractivity contribution in [3.8, 4) is 0 Å². The molecular formula is C23H31IN4O2. The molecule has 162 valence electrons. The van der Waals surface area contributed by atoms with Crippen LogP contribution >= 0.6 is 24.0 Å². The molecule has 0 spiro atoms. The smallest absolute Gasteiger partial charge is 0.191 e. The third kappa shape index (κ3) is 6.50. The van der Waals surface area contributed by atoms with Crippen molar-refractivity contribution in [2.24, 2.45) is 4.99 Å². The minimum absolute atomic E-state index is 0. The van der Waals surface area contributed by atoms with Crippen LogP contribution in [0.5, 0.6) is 0 Å². The molecule has 0 bridgehead atoms. The topological polar surface area (TPSA) is 74.6 Å². The second-order valence-electron chi connectivity index (χ2n) is 7.47. The molecule has 1 aliphatic heterocycles. The van der Waals surface area contributed by atoms with Gasteiger partial charge in [0.15, 0.2) is 5.96 Å². The van der Waals surface area contributed by atoms with E-state index in [-0.39, 0.29) is 30.1 Å². The number of aliphatic imine (C=N–C) groups is 1. The fourth-order valence-electron chi connectivity index (χ4n) is 3.73. The number of guanidine groups is 1. The lowest BCUT2D eigenvalue weighted by molar-refractivity contribution is 0.0224. The number of ether oxygens (including phenoxy) is 1. The van der Waals surface area contributed by atoms with Crippen molar-refractivity contribution in [2.75, 3.05) is 26.2 Å². The summed E-state index contributed by atoms with van der Waals surface area (Å²) in [5.74, 6) is 1.82. The summed E-state index contributed by atoms with van der Waals surface area (Å²) in [5.41, 5.74) is 2.50. The van der Waals surface area contributed by atoms with E-state index in [2.05, 4.69) is 46.1 Å². The molecule has 0 saturated carbocycles. The van der Waals surface area contributed by atoms with Crippen LogP contribution in [0.1, 0.15) is 30.6 Å². The standard InChI is InChI=1S/C23H30N4O2.HI/c1-2-9-22-21(8-1)18(16-26-22)10-12-24-23(25-13-11-19-7-5-15-28-19)27-17-20-6-3-4-14-29-20;/h1-2,5,7-9,15-16,20,26H,3-4,6,10-14,17H2,(H2,24,25,27);1H. The van der Waals surface area contributed by atoms with Crippen molar-refractivity contribution in [3.63, 3.8) is 0 Å². The van der Waals surface area contributed by atoms with Crippen molar-refractivity contribution in [3.05, 3.63) is 60.2 Å². The van der Waals surface area contributed by atoms with Gasteiger partial charge in [-0.05, 0) is 49.4 Å². The lowest BCUT2D eigenvalue weighted by Gasteiger charge is -2.21. The van der Waals surface area contributed by atoms with Crippen LogP contribution in [0.2, 0.25) is 0 Å². The van der Waals surface area contributed by atoms with E-state index in [0.29, 0.717) is 6.54 Å². The maximum atomic E-state index is 5.82. The summed E-state index contributed by atoms with van der Waals surface area (Å²) in [6.07, 6.45) is 9.30. The van der Waals surface area contributed by atoms with Crippen molar-refractivity contribution >= 4 is 40.8 Å². The van der Waals surface area contributed by atoms with Crippen LogP contribution < -0.4 is 10.6 Å². The minimum atomic E-state index is 0. The fourth-order valence-corrected chi connectivity index (χ4v) is 3.73. The summed E-state index contributed by atoms with van der Waals surface area (Å²) in [4.78, 5) is 8.12. The Morgan fingerprint density at radius 3 is 2.73 bits per heavy atom. The number of nitrogens with one attached hydrogen (secondary N) is 3. The van der Waals surface area contributed by atoms with Crippen LogP contribution in [0.3, 0.4) is 0 Å². The highest BCUT2D eigenvalue weighted by atomic mass is 127. The van der Waals surface area contributed by atoms with E-state index >= 15 is 0 Å². The summed E-state index contributed by atoms with van der Waals surface area (Å²) in [5, 5.41) is 8.20. The monoisotopic (exact) mass is 522 g/mol. The third-order valence-corrected chi connectivity index (χ3v) is 5.33. The van der Waals surface area contributed by atoms with Crippen molar-refractivity contribution in [2.45, 2.75) is 38.2 Å². The Kier molecular flexibility index (Phi) is 9.07. The zero-order valence-electron chi connectivity index (χ0n) is 17.2. The van der Waals surface area contributed by atoms with Crippen molar-refractivity contribution in [1.82, 2.24) is 15.6 Å². The Morgan fingerprint density at radius 2 is 1.93 bits per heavy atom. The quantitative estimate of drug-likeness (QED) is 0.235. The SMILES string of the molecule is I.c1coc(CCNC(=NCC2CCCCO2)NCCc2c[nH]c3ccccc23)c1. The van der Waals surface area contributed by atoms with Crippen LogP contribution in [0.4, 0.5) is 0 Å². The number of para-hydroxylation sites is 1. The summed E-state index contributed by atoms with van der Waals surface area (Å²) in [7, 11) is 0. The van der Waals surface area contributed by atoms with E-state index in [9.17, 15) is 0 Å². The van der Waals surface area contributed by atoms with E-state index in [4.69, 9.17) is 14.1 Å². The van der Waals surface area contributed by atoms with Crippen LogP contribution in [0, 0.1) is 0 Å². The second-order valence-corrected chi connectivity index (χ2v) is 7.47. The molecule has 0 amide bonds. The van der Waals surface area contributed by atoms with Gasteiger partial charge < -0.3 is 24.8 Å². The highest BCUT2D eigenvalue weighted by Crippen LogP contribution is 2.17. The molecule has 7 heteroatoms. The first-order chi connectivity index (χ1) is 14.4. The van der Waals surface area contributed by atoms with Gasteiger partial charge in [-0.3, -0.25) is 4.99 Å². The molecule has 0 radical (unpaired) electrons. The van der Waals surface area contributed by atoms with E-state index in [1.807, 2.05) is 12.1 Å².